The lowest BCUT2D eigenvalue weighted by Gasteiger charge is -2.42. The second-order valence-corrected chi connectivity index (χ2v) is 8.21. The molecule has 1 aromatic heterocycles. The van der Waals surface area contributed by atoms with Crippen molar-refractivity contribution < 1.29 is 9.53 Å². The maximum absolute atomic E-state index is 11.5. The molecule has 4 nitrogen and oxygen atoms in total. The zero-order valence-electron chi connectivity index (χ0n) is 15.7. The van der Waals surface area contributed by atoms with Crippen molar-refractivity contribution in [3.63, 3.8) is 0 Å². The number of carbonyl (C=O) groups is 1. The second-order valence-electron chi connectivity index (χ2n) is 8.21. The second kappa shape index (κ2) is 6.25. The fraction of sp³-hybridized carbons (Fsp3) is 0.476. The molecular weight excluding hydrogens is 312 g/mol. The van der Waals surface area contributed by atoms with E-state index in [1.54, 1.807) is 6.20 Å². The molecule has 0 bridgehead atoms. The molecule has 0 saturated carbocycles. The van der Waals surface area contributed by atoms with E-state index < -0.39 is 5.97 Å². The van der Waals surface area contributed by atoms with Crippen molar-refractivity contribution in [1.82, 2.24) is 9.97 Å². The van der Waals surface area contributed by atoms with Crippen molar-refractivity contribution in [3.8, 4) is 0 Å². The van der Waals surface area contributed by atoms with Crippen molar-refractivity contribution in [1.29, 1.82) is 0 Å². The number of hydrogen-bond donors (Lipinski definition) is 0. The highest BCUT2D eigenvalue weighted by atomic mass is 16.5. The highest BCUT2D eigenvalue weighted by Crippen LogP contribution is 2.45. The van der Waals surface area contributed by atoms with E-state index in [0.29, 0.717) is 6.42 Å². The van der Waals surface area contributed by atoms with Gasteiger partial charge >= 0.3 is 5.97 Å². The molecule has 0 amide bonds. The van der Waals surface area contributed by atoms with Crippen molar-refractivity contribution in [2.24, 2.45) is 0 Å². The van der Waals surface area contributed by atoms with Gasteiger partial charge in [0.25, 0.3) is 0 Å². The minimum atomic E-state index is -0.461. The lowest BCUT2D eigenvalue weighted by molar-refractivity contribution is 0.0593. The number of nitrogens with zero attached hydrogens (tertiary/aromatic N) is 2. The first kappa shape index (κ1) is 17.6. The maximum atomic E-state index is 11.5. The average molecular weight is 338 g/mol. The van der Waals surface area contributed by atoms with Crippen molar-refractivity contribution in [3.05, 3.63) is 58.7 Å². The molecule has 1 aliphatic carbocycles. The first-order valence-electron chi connectivity index (χ1n) is 8.76. The van der Waals surface area contributed by atoms with Crippen LogP contribution in [0, 0.1) is 0 Å². The summed E-state index contributed by atoms with van der Waals surface area (Å²) in [5.41, 5.74) is 5.64. The van der Waals surface area contributed by atoms with Gasteiger partial charge in [-0.05, 0) is 40.4 Å². The first-order chi connectivity index (χ1) is 11.7. The molecule has 2 aromatic rings. The van der Waals surface area contributed by atoms with Gasteiger partial charge in [-0.1, -0.05) is 45.9 Å². The van der Waals surface area contributed by atoms with Crippen LogP contribution in [0.2, 0.25) is 0 Å². The number of carbonyl (C=O) groups excluding carboxylic acids is 1. The molecule has 0 atom stereocenters. The lowest BCUT2D eigenvalue weighted by atomic mass is 9.63. The minimum absolute atomic E-state index is 0.196. The van der Waals surface area contributed by atoms with Gasteiger partial charge in [0.2, 0.25) is 0 Å². The topological polar surface area (TPSA) is 52.1 Å². The summed E-state index contributed by atoms with van der Waals surface area (Å²) in [6.07, 6.45) is 6.25. The highest BCUT2D eigenvalue weighted by Gasteiger charge is 2.36. The van der Waals surface area contributed by atoms with Gasteiger partial charge < -0.3 is 4.74 Å². The minimum Gasteiger partial charge on any atom is -0.464 e. The molecule has 0 aliphatic heterocycles. The summed E-state index contributed by atoms with van der Waals surface area (Å²) in [6.45, 7) is 9.32. The van der Waals surface area contributed by atoms with E-state index in [1.807, 2.05) is 0 Å². The smallest absolute Gasteiger partial charge is 0.358 e. The number of hydrogen-bond acceptors (Lipinski definition) is 4. The zero-order valence-corrected chi connectivity index (χ0v) is 15.7. The fourth-order valence-electron chi connectivity index (χ4n) is 3.61. The van der Waals surface area contributed by atoms with Gasteiger partial charge in [0.15, 0.2) is 5.69 Å². The summed E-state index contributed by atoms with van der Waals surface area (Å²) in [7, 11) is 1.34. The predicted octanol–water partition coefficient (Wildman–Crippen LogP) is 4.20. The standard InChI is InChI=1S/C21H26N2O2/c1-20(2)8-9-21(3,4)17-11-14(6-7-16(17)20)10-15-12-23-18(13-22-15)19(24)25-5/h6-7,11-13H,8-10H2,1-5H3. The molecule has 3 rings (SSSR count). The highest BCUT2D eigenvalue weighted by molar-refractivity contribution is 5.86. The first-order valence-corrected chi connectivity index (χ1v) is 8.76. The Morgan fingerprint density at radius 3 is 2.32 bits per heavy atom. The van der Waals surface area contributed by atoms with E-state index in [1.165, 1.54) is 42.8 Å². The SMILES string of the molecule is COC(=O)c1cnc(Cc2ccc3c(c2)C(C)(C)CCC3(C)C)cn1. The quantitative estimate of drug-likeness (QED) is 0.787. The number of ether oxygens (including phenoxy) is 1. The van der Waals surface area contributed by atoms with Crippen LogP contribution in [0.1, 0.15) is 73.4 Å². The number of aromatic nitrogens is 2. The maximum Gasteiger partial charge on any atom is 0.358 e. The van der Waals surface area contributed by atoms with Gasteiger partial charge in [0, 0.05) is 12.6 Å². The third-order valence-electron chi connectivity index (χ3n) is 5.40. The van der Waals surface area contributed by atoms with E-state index in [-0.39, 0.29) is 16.5 Å². The van der Waals surface area contributed by atoms with E-state index in [0.717, 1.165) is 5.69 Å². The number of benzene rings is 1. The van der Waals surface area contributed by atoms with Crippen molar-refractivity contribution in [2.75, 3.05) is 7.11 Å². The molecular formula is C21H26N2O2. The molecule has 4 heteroatoms. The predicted molar refractivity (Wildman–Crippen MR) is 97.9 cm³/mol. The Kier molecular flexibility index (Phi) is 4.40. The molecule has 0 unspecified atom stereocenters. The third-order valence-corrected chi connectivity index (χ3v) is 5.40. The van der Waals surface area contributed by atoms with Crippen molar-refractivity contribution >= 4 is 5.97 Å². The Hall–Kier alpha value is -2.23. The molecule has 0 saturated heterocycles. The zero-order chi connectivity index (χ0) is 18.2. The molecule has 1 heterocycles. The number of esters is 1. The average Bonchev–Trinajstić information content (AvgIpc) is 2.59. The molecule has 1 aliphatic rings. The van der Waals surface area contributed by atoms with Gasteiger partial charge in [0.05, 0.1) is 19.0 Å². The van der Waals surface area contributed by atoms with Crippen LogP contribution in [0.5, 0.6) is 0 Å². The Morgan fingerprint density at radius 1 is 1.04 bits per heavy atom. The molecule has 0 spiro atoms. The van der Waals surface area contributed by atoms with Crippen LogP contribution in [0.25, 0.3) is 0 Å². The summed E-state index contributed by atoms with van der Waals surface area (Å²) in [5, 5.41) is 0. The van der Waals surface area contributed by atoms with Crippen LogP contribution in [0.3, 0.4) is 0 Å². The monoisotopic (exact) mass is 338 g/mol. The van der Waals surface area contributed by atoms with Crippen LogP contribution >= 0.6 is 0 Å². The van der Waals surface area contributed by atoms with Gasteiger partial charge in [-0.2, -0.15) is 0 Å². The molecule has 0 fully saturated rings. The van der Waals surface area contributed by atoms with Crippen LogP contribution in [-0.4, -0.2) is 23.0 Å². The van der Waals surface area contributed by atoms with Gasteiger partial charge in [-0.15, -0.1) is 0 Å². The Balaban J connectivity index is 1.88. The van der Waals surface area contributed by atoms with Crippen LogP contribution < -0.4 is 0 Å². The Bertz CT molecular complexity index is 792. The third kappa shape index (κ3) is 3.44. The molecule has 132 valence electrons. The normalized spacial score (nSPS) is 17.6. The van der Waals surface area contributed by atoms with Gasteiger partial charge in [0.1, 0.15) is 0 Å². The number of methoxy groups -OCH3 is 1. The molecule has 0 radical (unpaired) electrons. The van der Waals surface area contributed by atoms with Crippen LogP contribution in [0.4, 0.5) is 0 Å². The van der Waals surface area contributed by atoms with E-state index in [2.05, 4.69) is 60.6 Å². The van der Waals surface area contributed by atoms with Crippen LogP contribution in [0.15, 0.2) is 30.6 Å². The summed E-state index contributed by atoms with van der Waals surface area (Å²) >= 11 is 0. The summed E-state index contributed by atoms with van der Waals surface area (Å²) in [6, 6.07) is 6.80. The molecule has 25 heavy (non-hydrogen) atoms. The Labute approximate surface area is 149 Å². The molecule has 1 aromatic carbocycles. The summed E-state index contributed by atoms with van der Waals surface area (Å²) in [4.78, 5) is 20.0. The Morgan fingerprint density at radius 2 is 1.72 bits per heavy atom. The number of rotatable bonds is 3. The van der Waals surface area contributed by atoms with Crippen LogP contribution in [-0.2, 0) is 22.0 Å². The lowest BCUT2D eigenvalue weighted by Crippen LogP contribution is -2.33. The summed E-state index contributed by atoms with van der Waals surface area (Å²) in [5.74, 6) is -0.461. The van der Waals surface area contributed by atoms with Crippen molar-refractivity contribution in [2.45, 2.75) is 57.8 Å². The largest absolute Gasteiger partial charge is 0.464 e. The van der Waals surface area contributed by atoms with Gasteiger partial charge in [-0.3, -0.25) is 4.98 Å². The summed E-state index contributed by atoms with van der Waals surface area (Å²) < 4.78 is 4.66. The van der Waals surface area contributed by atoms with E-state index >= 15 is 0 Å². The van der Waals surface area contributed by atoms with Gasteiger partial charge in [-0.25, -0.2) is 9.78 Å². The van der Waals surface area contributed by atoms with E-state index in [4.69, 9.17) is 0 Å². The van der Waals surface area contributed by atoms with E-state index in [9.17, 15) is 4.79 Å². The number of fused-ring (bicyclic) bond motifs is 1. The fourth-order valence-corrected chi connectivity index (χ4v) is 3.61. The molecule has 0 N–H and O–H groups in total.